The minimum absolute atomic E-state index is 0.222. The van der Waals surface area contributed by atoms with E-state index in [0.717, 1.165) is 0 Å². The molecule has 0 amide bonds. The van der Waals surface area contributed by atoms with Gasteiger partial charge in [0.05, 0.1) is 0 Å². The molecule has 0 radical (unpaired) electrons. The minimum atomic E-state index is -0.582. The number of terminal acetylenes is 1. The van der Waals surface area contributed by atoms with E-state index in [1.54, 1.807) is 0 Å². The Labute approximate surface area is 63.0 Å². The van der Waals surface area contributed by atoms with Gasteiger partial charge in [0.1, 0.15) is 0 Å². The number of pyridine rings is 1. The summed E-state index contributed by atoms with van der Waals surface area (Å²) in [5.41, 5.74) is 0.277. The number of nitro groups is 1. The maximum absolute atomic E-state index is 10.1. The molecule has 0 fully saturated rings. The summed E-state index contributed by atoms with van der Waals surface area (Å²) in [5, 5.41) is 10.1. The number of hydrogen-bond donors (Lipinski definition) is 0. The second-order valence-electron chi connectivity index (χ2n) is 1.78. The predicted octanol–water partition coefficient (Wildman–Crippen LogP) is 0.971. The van der Waals surface area contributed by atoms with Crippen molar-refractivity contribution in [3.05, 3.63) is 34.0 Å². The molecule has 0 atom stereocenters. The number of rotatable bonds is 1. The Balaban J connectivity index is 3.13. The van der Waals surface area contributed by atoms with E-state index in [0.29, 0.717) is 0 Å². The van der Waals surface area contributed by atoms with Gasteiger partial charge in [0.2, 0.25) is 5.69 Å². The fourth-order valence-electron chi connectivity index (χ4n) is 0.605. The molecule has 0 aliphatic carbocycles. The zero-order chi connectivity index (χ0) is 8.27. The molecule has 11 heavy (non-hydrogen) atoms. The first-order chi connectivity index (χ1) is 5.24. The summed E-state index contributed by atoms with van der Waals surface area (Å²) in [6.45, 7) is 0. The van der Waals surface area contributed by atoms with Gasteiger partial charge >= 0.3 is 5.82 Å². The highest BCUT2D eigenvalue weighted by Gasteiger charge is 2.06. The molecule has 1 rings (SSSR count). The summed E-state index contributed by atoms with van der Waals surface area (Å²) >= 11 is 0. The molecule has 1 aromatic heterocycles. The van der Waals surface area contributed by atoms with Crippen LogP contribution in [0.15, 0.2) is 18.2 Å². The van der Waals surface area contributed by atoms with Gasteiger partial charge in [-0.2, -0.15) is 0 Å². The Morgan fingerprint density at radius 1 is 1.64 bits per heavy atom. The normalized spacial score (nSPS) is 8.64. The second kappa shape index (κ2) is 2.80. The number of nitrogens with zero attached hydrogens (tertiary/aromatic N) is 2. The molecule has 0 aliphatic heterocycles. The maximum Gasteiger partial charge on any atom is 0.364 e. The van der Waals surface area contributed by atoms with Crippen LogP contribution in [0.3, 0.4) is 0 Å². The van der Waals surface area contributed by atoms with Crippen LogP contribution in [0.5, 0.6) is 0 Å². The second-order valence-corrected chi connectivity index (χ2v) is 1.78. The zero-order valence-corrected chi connectivity index (χ0v) is 5.52. The summed E-state index contributed by atoms with van der Waals surface area (Å²) in [5.74, 6) is 1.98. The Kier molecular flexibility index (Phi) is 1.83. The van der Waals surface area contributed by atoms with Crippen molar-refractivity contribution in [1.82, 2.24) is 4.98 Å². The van der Waals surface area contributed by atoms with Crippen LogP contribution in [0.2, 0.25) is 0 Å². The highest BCUT2D eigenvalue weighted by Crippen LogP contribution is 2.05. The zero-order valence-electron chi connectivity index (χ0n) is 5.52. The van der Waals surface area contributed by atoms with E-state index >= 15 is 0 Å². The van der Waals surface area contributed by atoms with Gasteiger partial charge in [0, 0.05) is 6.07 Å². The third kappa shape index (κ3) is 1.52. The molecule has 0 bridgehead atoms. The van der Waals surface area contributed by atoms with Crippen LogP contribution < -0.4 is 0 Å². The van der Waals surface area contributed by atoms with Crippen LogP contribution >= 0.6 is 0 Å². The van der Waals surface area contributed by atoms with Crippen molar-refractivity contribution in [2.45, 2.75) is 0 Å². The van der Waals surface area contributed by atoms with Gasteiger partial charge in [-0.25, -0.2) is 0 Å². The van der Waals surface area contributed by atoms with Crippen molar-refractivity contribution in [3.8, 4) is 12.3 Å². The fourth-order valence-corrected chi connectivity index (χ4v) is 0.605. The summed E-state index contributed by atoms with van der Waals surface area (Å²) in [6.07, 6.45) is 4.98. The Morgan fingerprint density at radius 2 is 2.36 bits per heavy atom. The molecule has 0 N–H and O–H groups in total. The van der Waals surface area contributed by atoms with E-state index < -0.39 is 4.92 Å². The Hall–Kier alpha value is -1.89. The van der Waals surface area contributed by atoms with Crippen molar-refractivity contribution in [3.63, 3.8) is 0 Å². The van der Waals surface area contributed by atoms with Gasteiger partial charge in [-0.15, -0.1) is 6.42 Å². The minimum Gasteiger partial charge on any atom is -0.358 e. The lowest BCUT2D eigenvalue weighted by molar-refractivity contribution is -0.389. The van der Waals surface area contributed by atoms with Gasteiger partial charge in [-0.05, 0) is 28.0 Å². The lowest BCUT2D eigenvalue weighted by atomic mass is 10.3. The summed E-state index contributed by atoms with van der Waals surface area (Å²) < 4.78 is 0. The van der Waals surface area contributed by atoms with Crippen LogP contribution in [-0.4, -0.2) is 9.91 Å². The summed E-state index contributed by atoms with van der Waals surface area (Å²) in [7, 11) is 0. The van der Waals surface area contributed by atoms with Crippen molar-refractivity contribution < 1.29 is 4.92 Å². The van der Waals surface area contributed by atoms with Gasteiger partial charge in [0.15, 0.2) is 0 Å². The van der Waals surface area contributed by atoms with Crippen LogP contribution in [0.1, 0.15) is 5.69 Å². The molecule has 4 heteroatoms. The van der Waals surface area contributed by atoms with Crippen molar-refractivity contribution in [1.29, 1.82) is 0 Å². The van der Waals surface area contributed by atoms with E-state index in [-0.39, 0.29) is 11.5 Å². The third-order valence-corrected chi connectivity index (χ3v) is 1.07. The predicted molar refractivity (Wildman–Crippen MR) is 38.8 cm³/mol. The highest BCUT2D eigenvalue weighted by atomic mass is 16.6. The molecule has 0 aliphatic rings. The maximum atomic E-state index is 10.1. The van der Waals surface area contributed by atoms with Gasteiger partial charge < -0.3 is 10.1 Å². The van der Waals surface area contributed by atoms with E-state index in [1.807, 2.05) is 0 Å². The average molecular weight is 148 g/mol. The SMILES string of the molecule is C#Cc1cccc([N+](=O)[O-])n1. The molecule has 0 saturated heterocycles. The topological polar surface area (TPSA) is 56.0 Å². The van der Waals surface area contributed by atoms with Crippen molar-refractivity contribution >= 4 is 5.82 Å². The average Bonchev–Trinajstić information content (AvgIpc) is 2.05. The molecule has 54 valence electrons. The van der Waals surface area contributed by atoms with Crippen LogP contribution in [-0.2, 0) is 0 Å². The van der Waals surface area contributed by atoms with Gasteiger partial charge in [0.25, 0.3) is 0 Å². The third-order valence-electron chi connectivity index (χ3n) is 1.07. The molecular weight excluding hydrogens is 144 g/mol. The molecule has 0 unspecified atom stereocenters. The largest absolute Gasteiger partial charge is 0.364 e. The first kappa shape index (κ1) is 7.22. The van der Waals surface area contributed by atoms with E-state index in [1.165, 1.54) is 18.2 Å². The Morgan fingerprint density at radius 3 is 2.91 bits per heavy atom. The Bertz CT molecular complexity index is 327. The lowest BCUT2D eigenvalue weighted by Crippen LogP contribution is -1.92. The summed E-state index contributed by atoms with van der Waals surface area (Å²) in [4.78, 5) is 13.1. The quantitative estimate of drug-likeness (QED) is 0.338. The molecule has 0 saturated carbocycles. The monoisotopic (exact) mass is 148 g/mol. The van der Waals surface area contributed by atoms with E-state index in [9.17, 15) is 10.1 Å². The molecule has 1 heterocycles. The van der Waals surface area contributed by atoms with E-state index in [4.69, 9.17) is 6.42 Å². The van der Waals surface area contributed by atoms with Crippen LogP contribution in [0.25, 0.3) is 0 Å². The van der Waals surface area contributed by atoms with Crippen molar-refractivity contribution in [2.75, 3.05) is 0 Å². The number of hydrogen-bond acceptors (Lipinski definition) is 3. The number of aromatic nitrogens is 1. The van der Waals surface area contributed by atoms with Crippen LogP contribution in [0, 0.1) is 22.5 Å². The smallest absolute Gasteiger partial charge is 0.358 e. The lowest BCUT2D eigenvalue weighted by Gasteiger charge is -1.89. The molecule has 1 aromatic rings. The van der Waals surface area contributed by atoms with E-state index in [2.05, 4.69) is 10.9 Å². The molecule has 0 spiro atoms. The van der Waals surface area contributed by atoms with Crippen molar-refractivity contribution in [2.24, 2.45) is 0 Å². The first-order valence-electron chi connectivity index (χ1n) is 2.82. The van der Waals surface area contributed by atoms with Crippen LogP contribution in [0.4, 0.5) is 5.82 Å². The standard InChI is InChI=1S/C7H4N2O2/c1-2-6-4-3-5-7(8-6)9(10)11/h1,3-5H. The van der Waals surface area contributed by atoms with Gasteiger partial charge in [-0.3, -0.25) is 0 Å². The molecule has 0 aromatic carbocycles. The fraction of sp³-hybridized carbons (Fsp3) is 0. The van der Waals surface area contributed by atoms with Gasteiger partial charge in [-0.1, -0.05) is 0 Å². The molecular formula is C7H4N2O2. The molecule has 4 nitrogen and oxygen atoms in total. The summed E-state index contributed by atoms with van der Waals surface area (Å²) in [6, 6.07) is 4.33. The highest BCUT2D eigenvalue weighted by molar-refractivity contribution is 5.30. The first-order valence-corrected chi connectivity index (χ1v) is 2.82.